The van der Waals surface area contributed by atoms with Crippen molar-refractivity contribution in [3.8, 4) is 0 Å². The van der Waals surface area contributed by atoms with E-state index in [4.69, 9.17) is 10.2 Å². The van der Waals surface area contributed by atoms with Crippen LogP contribution in [0, 0.1) is 0 Å². The van der Waals surface area contributed by atoms with E-state index in [1.54, 1.807) is 0 Å². The average molecular weight is 180 g/mol. The number of aliphatic hydroxyl groups excluding tert-OH is 1. The molecule has 0 bridgehead atoms. The average Bonchev–Trinajstić information content (AvgIpc) is 1.86. The Balaban J connectivity index is 0. The summed E-state index contributed by atoms with van der Waals surface area (Å²) in [7, 11) is 0. The minimum absolute atomic E-state index is 0. The van der Waals surface area contributed by atoms with Crippen LogP contribution in [0.3, 0.4) is 0 Å². The second-order valence-electron chi connectivity index (χ2n) is 2.33. The summed E-state index contributed by atoms with van der Waals surface area (Å²) >= 11 is 0. The maximum Gasteiger partial charge on any atom is 0.508 e. The lowest BCUT2D eigenvalue weighted by Gasteiger charge is -2.07. The van der Waals surface area contributed by atoms with E-state index >= 15 is 0 Å². The minimum Gasteiger partial charge on any atom is -0.450 e. The molecule has 0 aromatic heterocycles. The topological polar surface area (TPSA) is 98.3 Å². The predicted octanol–water partition coefficient (Wildman–Crippen LogP) is 0.755. The van der Waals surface area contributed by atoms with Gasteiger partial charge >= 0.3 is 6.16 Å². The molecule has 0 aromatic carbocycles. The summed E-state index contributed by atoms with van der Waals surface area (Å²) in [5.41, 5.74) is 0. The van der Waals surface area contributed by atoms with Gasteiger partial charge in [0.1, 0.15) is 0 Å². The highest BCUT2D eigenvalue weighted by Gasteiger charge is 2.07. The van der Waals surface area contributed by atoms with Crippen LogP contribution < -0.4 is 0 Å². The van der Waals surface area contributed by atoms with Crippen LogP contribution in [0.25, 0.3) is 0 Å². The van der Waals surface area contributed by atoms with Gasteiger partial charge in [0.15, 0.2) is 0 Å². The molecular weight excluding hydrogens is 164 g/mol. The van der Waals surface area contributed by atoms with Crippen molar-refractivity contribution in [1.82, 2.24) is 0 Å². The minimum atomic E-state index is -1.42. The number of carbonyl (C=O) groups is 1. The van der Waals surface area contributed by atoms with Crippen LogP contribution in [-0.2, 0) is 4.74 Å². The van der Waals surface area contributed by atoms with E-state index in [-0.39, 0.29) is 5.48 Å². The monoisotopic (exact) mass is 180 g/mol. The van der Waals surface area contributed by atoms with Crippen LogP contribution in [0.2, 0.25) is 0 Å². The van der Waals surface area contributed by atoms with Crippen LogP contribution in [0.4, 0.5) is 4.79 Å². The Morgan fingerprint density at radius 1 is 1.50 bits per heavy atom. The summed E-state index contributed by atoms with van der Waals surface area (Å²) in [6.07, 6.45) is 0.637. The van der Waals surface area contributed by atoms with Crippen LogP contribution in [0.15, 0.2) is 0 Å². The maximum absolute atomic E-state index is 9.86. The Morgan fingerprint density at radius 3 is 2.50 bits per heavy atom. The standard InChI is InChI=1S/C7H14O4.H2O/c1-2-3-4-5-6(8)11-7(9)10;/h6,8H,2-5H2,1H3,(H,9,10);1H2. The highest BCUT2D eigenvalue weighted by atomic mass is 16.7. The molecule has 0 aliphatic heterocycles. The Morgan fingerprint density at radius 2 is 2.08 bits per heavy atom. The molecule has 1 unspecified atom stereocenters. The van der Waals surface area contributed by atoms with Crippen molar-refractivity contribution in [1.29, 1.82) is 0 Å². The predicted molar refractivity (Wildman–Crippen MR) is 42.9 cm³/mol. The van der Waals surface area contributed by atoms with Gasteiger partial charge in [0, 0.05) is 6.42 Å². The van der Waals surface area contributed by atoms with Gasteiger partial charge < -0.3 is 20.4 Å². The second kappa shape index (κ2) is 8.29. The van der Waals surface area contributed by atoms with Crippen molar-refractivity contribution in [2.24, 2.45) is 0 Å². The van der Waals surface area contributed by atoms with Crippen LogP contribution in [-0.4, -0.2) is 28.1 Å². The van der Waals surface area contributed by atoms with Crippen molar-refractivity contribution in [3.63, 3.8) is 0 Å². The van der Waals surface area contributed by atoms with Crippen LogP contribution >= 0.6 is 0 Å². The van der Waals surface area contributed by atoms with E-state index in [1.165, 1.54) is 0 Å². The molecule has 4 N–H and O–H groups in total. The molecule has 0 aliphatic carbocycles. The maximum atomic E-state index is 9.86. The first-order valence-electron chi connectivity index (χ1n) is 3.74. The Bertz CT molecular complexity index is 114. The number of hydrogen-bond donors (Lipinski definition) is 2. The quantitative estimate of drug-likeness (QED) is 0.370. The molecule has 12 heavy (non-hydrogen) atoms. The van der Waals surface area contributed by atoms with E-state index in [9.17, 15) is 4.79 Å². The molecular formula is C7H16O5. The number of unbranched alkanes of at least 4 members (excludes halogenated alkanes) is 2. The zero-order chi connectivity index (χ0) is 8.69. The van der Waals surface area contributed by atoms with Crippen molar-refractivity contribution in [2.45, 2.75) is 38.9 Å². The molecule has 0 heterocycles. The molecule has 0 radical (unpaired) electrons. The first-order chi connectivity index (χ1) is 5.16. The molecule has 0 saturated carbocycles. The van der Waals surface area contributed by atoms with E-state index in [2.05, 4.69) is 4.74 Å². The van der Waals surface area contributed by atoms with Gasteiger partial charge in [-0.2, -0.15) is 0 Å². The third-order valence-corrected chi connectivity index (χ3v) is 1.29. The van der Waals surface area contributed by atoms with Gasteiger partial charge in [-0.3, -0.25) is 0 Å². The smallest absolute Gasteiger partial charge is 0.450 e. The lowest BCUT2D eigenvalue weighted by Crippen LogP contribution is -2.15. The lowest BCUT2D eigenvalue weighted by molar-refractivity contribution is -0.0754. The molecule has 0 amide bonds. The molecule has 74 valence electrons. The summed E-state index contributed by atoms with van der Waals surface area (Å²) in [4.78, 5) is 9.86. The molecule has 0 aromatic rings. The number of aliphatic hydroxyl groups is 1. The highest BCUT2D eigenvalue weighted by Crippen LogP contribution is 2.03. The Hall–Kier alpha value is -0.810. The van der Waals surface area contributed by atoms with E-state index in [0.717, 1.165) is 19.3 Å². The molecule has 1 atom stereocenters. The van der Waals surface area contributed by atoms with Gasteiger partial charge in [-0.15, -0.1) is 0 Å². The summed E-state index contributed by atoms with van der Waals surface area (Å²) < 4.78 is 4.07. The SMILES string of the molecule is CCCCCC(O)OC(=O)O.O. The lowest BCUT2D eigenvalue weighted by atomic mass is 10.2. The Labute approximate surface area is 71.3 Å². The first-order valence-corrected chi connectivity index (χ1v) is 3.74. The molecule has 0 saturated heterocycles. The van der Waals surface area contributed by atoms with Gasteiger partial charge in [0.25, 0.3) is 0 Å². The summed E-state index contributed by atoms with van der Waals surface area (Å²) in [6.45, 7) is 2.03. The number of rotatable bonds is 5. The third kappa shape index (κ3) is 9.19. The fourth-order valence-electron chi connectivity index (χ4n) is 0.744. The van der Waals surface area contributed by atoms with Crippen molar-refractivity contribution >= 4 is 6.16 Å². The fraction of sp³-hybridized carbons (Fsp3) is 0.857. The first kappa shape index (κ1) is 13.8. The van der Waals surface area contributed by atoms with E-state index in [0.29, 0.717) is 6.42 Å². The third-order valence-electron chi connectivity index (χ3n) is 1.29. The molecule has 0 spiro atoms. The van der Waals surface area contributed by atoms with E-state index in [1.807, 2.05) is 6.92 Å². The van der Waals surface area contributed by atoms with Crippen molar-refractivity contribution in [2.75, 3.05) is 0 Å². The Kier molecular flexibility index (Phi) is 9.50. The highest BCUT2D eigenvalue weighted by molar-refractivity contribution is 5.56. The second-order valence-corrected chi connectivity index (χ2v) is 2.33. The molecule has 5 heteroatoms. The molecule has 5 nitrogen and oxygen atoms in total. The van der Waals surface area contributed by atoms with Crippen LogP contribution in [0.1, 0.15) is 32.6 Å². The molecule has 0 aliphatic rings. The largest absolute Gasteiger partial charge is 0.508 e. The van der Waals surface area contributed by atoms with Crippen molar-refractivity contribution < 1.29 is 25.2 Å². The van der Waals surface area contributed by atoms with Crippen LogP contribution in [0.5, 0.6) is 0 Å². The van der Waals surface area contributed by atoms with Gasteiger partial charge in [0.2, 0.25) is 6.29 Å². The van der Waals surface area contributed by atoms with Gasteiger partial charge in [-0.1, -0.05) is 19.8 Å². The van der Waals surface area contributed by atoms with Gasteiger partial charge in [-0.05, 0) is 6.42 Å². The zero-order valence-electron chi connectivity index (χ0n) is 7.12. The number of hydrogen-bond acceptors (Lipinski definition) is 3. The summed E-state index contributed by atoms with van der Waals surface area (Å²) in [5, 5.41) is 16.9. The summed E-state index contributed by atoms with van der Waals surface area (Å²) in [6, 6.07) is 0. The number of carboxylic acid groups (broad SMARTS) is 1. The van der Waals surface area contributed by atoms with Gasteiger partial charge in [-0.25, -0.2) is 4.79 Å². The molecule has 0 rings (SSSR count). The molecule has 0 fully saturated rings. The van der Waals surface area contributed by atoms with Gasteiger partial charge in [0.05, 0.1) is 0 Å². The van der Waals surface area contributed by atoms with E-state index < -0.39 is 12.4 Å². The van der Waals surface area contributed by atoms with Crippen molar-refractivity contribution in [3.05, 3.63) is 0 Å². The fourth-order valence-corrected chi connectivity index (χ4v) is 0.744. The number of ether oxygens (including phenoxy) is 1. The zero-order valence-corrected chi connectivity index (χ0v) is 7.12. The summed E-state index contributed by atoms with van der Waals surface area (Å²) in [5.74, 6) is 0. The normalized spacial score (nSPS) is 11.5.